The number of ether oxygens (including phenoxy) is 1. The van der Waals surface area contributed by atoms with E-state index in [1.807, 2.05) is 0 Å². The van der Waals surface area contributed by atoms with Crippen molar-refractivity contribution >= 4 is 52.2 Å². The Labute approximate surface area is 220 Å². The highest BCUT2D eigenvalue weighted by atomic mass is 35.5. The Morgan fingerprint density at radius 3 is 2.51 bits per heavy atom. The Balaban J connectivity index is 1.72. The van der Waals surface area contributed by atoms with Crippen LogP contribution >= 0.6 is 23.4 Å². The summed E-state index contributed by atoms with van der Waals surface area (Å²) < 4.78 is 33.8. The molecule has 196 valence electrons. The summed E-state index contributed by atoms with van der Waals surface area (Å²) in [6.07, 6.45) is 0.489. The number of carboxylic acids is 1. The number of nitrogens with zero attached hydrogens (tertiary/aromatic N) is 2. The number of hydrogen-bond acceptors (Lipinski definition) is 7. The van der Waals surface area contributed by atoms with Crippen molar-refractivity contribution in [1.29, 1.82) is 0 Å². The van der Waals surface area contributed by atoms with Crippen LogP contribution in [-0.4, -0.2) is 43.6 Å². The van der Waals surface area contributed by atoms with E-state index in [1.54, 1.807) is 20.8 Å². The fraction of sp³-hybridized carbons (Fsp3) is 0.375. The highest BCUT2D eigenvalue weighted by Gasteiger charge is 2.71. The van der Waals surface area contributed by atoms with Crippen LogP contribution in [0.4, 0.5) is 19.3 Å². The lowest BCUT2D eigenvalue weighted by atomic mass is 9.85. The third-order valence-corrected chi connectivity index (χ3v) is 7.56. The lowest BCUT2D eigenvalue weighted by molar-refractivity contribution is -0.137. The number of anilines is 1. The van der Waals surface area contributed by atoms with Crippen molar-refractivity contribution in [1.82, 2.24) is 10.3 Å². The zero-order valence-electron chi connectivity index (χ0n) is 20.2. The molecule has 3 N–H and O–H groups in total. The number of pyridine rings is 1. The molecule has 2 heterocycles. The van der Waals surface area contributed by atoms with E-state index in [2.05, 4.69) is 20.6 Å². The van der Waals surface area contributed by atoms with Gasteiger partial charge in [-0.3, -0.25) is 19.9 Å². The summed E-state index contributed by atoms with van der Waals surface area (Å²) in [6.45, 7) is 6.42. The third kappa shape index (κ3) is 5.26. The van der Waals surface area contributed by atoms with Crippen LogP contribution in [0.2, 0.25) is 5.02 Å². The van der Waals surface area contributed by atoms with Crippen LogP contribution in [0.1, 0.15) is 50.2 Å². The molecule has 3 atom stereocenters. The van der Waals surface area contributed by atoms with Crippen LogP contribution in [0.3, 0.4) is 0 Å². The Morgan fingerprint density at radius 2 is 1.92 bits per heavy atom. The minimum Gasteiger partial charge on any atom is -0.480 e. The number of aliphatic carboxylic acids is 1. The number of hydrogen-bond donors (Lipinski definition) is 3. The number of amides is 2. The summed E-state index contributed by atoms with van der Waals surface area (Å²) in [5, 5.41) is 15.0. The van der Waals surface area contributed by atoms with E-state index >= 15 is 4.39 Å². The van der Waals surface area contributed by atoms with Gasteiger partial charge < -0.3 is 15.2 Å². The molecule has 4 rings (SSSR count). The number of fused-ring (bicyclic) bond motifs is 1. The molecule has 1 aromatic carbocycles. The van der Waals surface area contributed by atoms with Gasteiger partial charge in [0.2, 0.25) is 0 Å². The van der Waals surface area contributed by atoms with Crippen molar-refractivity contribution in [2.24, 2.45) is 10.9 Å². The molecule has 2 amide bonds. The van der Waals surface area contributed by atoms with Gasteiger partial charge in [0.05, 0.1) is 10.6 Å². The largest absolute Gasteiger partial charge is 0.480 e. The van der Waals surface area contributed by atoms with Crippen molar-refractivity contribution in [3.63, 3.8) is 0 Å². The van der Waals surface area contributed by atoms with Gasteiger partial charge >= 0.3 is 12.1 Å². The number of aliphatic imine (C=N–C) groups is 1. The predicted octanol–water partition coefficient (Wildman–Crippen LogP) is 4.95. The molecule has 0 saturated heterocycles. The number of benzene rings is 1. The minimum absolute atomic E-state index is 0.00934. The summed E-state index contributed by atoms with van der Waals surface area (Å²) in [4.78, 5) is 45.5. The zero-order valence-corrected chi connectivity index (χ0v) is 21.8. The second-order valence-corrected chi connectivity index (χ2v) is 11.6. The second-order valence-electron chi connectivity index (χ2n) is 9.88. The van der Waals surface area contributed by atoms with Gasteiger partial charge in [0, 0.05) is 29.4 Å². The summed E-state index contributed by atoms with van der Waals surface area (Å²) in [6, 6.07) is 4.81. The number of carboxylic acid groups (broad SMARTS) is 1. The molecule has 1 saturated carbocycles. The van der Waals surface area contributed by atoms with Crippen molar-refractivity contribution in [2.75, 3.05) is 5.32 Å². The second kappa shape index (κ2) is 9.25. The number of carbonyl (C=O) groups excluding carboxylic acids is 2. The highest BCUT2D eigenvalue weighted by Crippen LogP contribution is 2.66. The molecule has 1 aromatic heterocycles. The van der Waals surface area contributed by atoms with Gasteiger partial charge in [0.15, 0.2) is 16.8 Å². The summed E-state index contributed by atoms with van der Waals surface area (Å²) >= 11 is 6.61. The Morgan fingerprint density at radius 1 is 1.22 bits per heavy atom. The van der Waals surface area contributed by atoms with Crippen LogP contribution in [0, 0.1) is 17.6 Å². The van der Waals surface area contributed by atoms with E-state index in [1.165, 1.54) is 31.3 Å². The number of nitrogens with one attached hydrogen (secondary N) is 2. The number of rotatable bonds is 4. The number of carbonyl (C=O) groups is 3. The SMILES string of the molecule is CC(C)(C)OC(=O)NC1=N[C@](C)(c2cc(NC(=O)c3ccc(Cl)cn3)cc(F)c2F)[C@@H]2C[C@]2(C(=O)O)S1. The highest BCUT2D eigenvalue weighted by molar-refractivity contribution is 8.16. The molecule has 1 aliphatic heterocycles. The number of aromatic nitrogens is 1. The van der Waals surface area contributed by atoms with E-state index in [-0.39, 0.29) is 28.5 Å². The quantitative estimate of drug-likeness (QED) is 0.489. The van der Waals surface area contributed by atoms with Gasteiger partial charge in [-0.1, -0.05) is 23.4 Å². The van der Waals surface area contributed by atoms with Crippen LogP contribution in [0.25, 0.3) is 0 Å². The average Bonchev–Trinajstić information content (AvgIpc) is 3.52. The lowest BCUT2D eigenvalue weighted by Gasteiger charge is -2.34. The van der Waals surface area contributed by atoms with Gasteiger partial charge in [-0.05, 0) is 52.3 Å². The summed E-state index contributed by atoms with van der Waals surface area (Å²) in [7, 11) is 0. The first-order valence-electron chi connectivity index (χ1n) is 11.1. The van der Waals surface area contributed by atoms with Crippen LogP contribution < -0.4 is 10.6 Å². The Bertz CT molecular complexity index is 1330. The maximum Gasteiger partial charge on any atom is 0.413 e. The molecule has 1 aliphatic carbocycles. The van der Waals surface area contributed by atoms with Gasteiger partial charge in [0.25, 0.3) is 5.91 Å². The molecule has 9 nitrogen and oxygen atoms in total. The van der Waals surface area contributed by atoms with Crippen molar-refractivity contribution in [3.05, 3.63) is 58.4 Å². The molecule has 2 aromatic rings. The number of halogens is 3. The molecule has 2 aliphatic rings. The first-order chi connectivity index (χ1) is 17.1. The average molecular weight is 553 g/mol. The molecule has 1 fully saturated rings. The van der Waals surface area contributed by atoms with Crippen LogP contribution in [0.5, 0.6) is 0 Å². The maximum atomic E-state index is 15.2. The predicted molar refractivity (Wildman–Crippen MR) is 134 cm³/mol. The monoisotopic (exact) mass is 552 g/mol. The normalized spacial score (nSPS) is 24.4. The van der Waals surface area contributed by atoms with E-state index < -0.39 is 51.4 Å². The topological polar surface area (TPSA) is 130 Å². The first-order valence-corrected chi connectivity index (χ1v) is 12.3. The molecule has 0 bridgehead atoms. The fourth-order valence-electron chi connectivity index (χ4n) is 4.20. The van der Waals surface area contributed by atoms with Gasteiger partial charge in [-0.15, -0.1) is 0 Å². The molecule has 0 unspecified atom stereocenters. The lowest BCUT2D eigenvalue weighted by Crippen LogP contribution is -2.43. The van der Waals surface area contributed by atoms with E-state index in [9.17, 15) is 23.9 Å². The summed E-state index contributed by atoms with van der Waals surface area (Å²) in [5.74, 6) is -5.10. The summed E-state index contributed by atoms with van der Waals surface area (Å²) in [5.41, 5.74) is -2.79. The first kappa shape index (κ1) is 26.8. The van der Waals surface area contributed by atoms with E-state index in [0.717, 1.165) is 17.8 Å². The number of alkyl carbamates (subject to hydrolysis) is 1. The molecule has 0 radical (unpaired) electrons. The molecule has 0 spiro atoms. The van der Waals surface area contributed by atoms with E-state index in [0.29, 0.717) is 5.02 Å². The van der Waals surface area contributed by atoms with Gasteiger partial charge in [-0.25, -0.2) is 18.6 Å². The minimum atomic E-state index is -1.59. The molecule has 13 heteroatoms. The standard InChI is InChI=1S/C24H23ClF2N4O5S/c1-22(2,3)36-21(35)30-20-31-23(4,16-9-24(16,37-20)19(33)34)13-7-12(8-14(26)17(13)27)29-18(32)15-6-5-11(25)10-28-15/h5-8,10,16H,9H2,1-4H3,(H,29,32)(H,33,34)(H,30,31,35)/t16-,23+,24-/m0/s1. The smallest absolute Gasteiger partial charge is 0.413 e. The van der Waals surface area contributed by atoms with Crippen molar-refractivity contribution < 1.29 is 33.0 Å². The zero-order chi connectivity index (χ0) is 27.3. The molecular formula is C24H23ClF2N4O5S. The van der Waals surface area contributed by atoms with Crippen molar-refractivity contribution in [2.45, 2.75) is 50.0 Å². The van der Waals surface area contributed by atoms with Crippen LogP contribution in [-0.2, 0) is 15.1 Å². The Hall–Kier alpha value is -3.25. The number of thioether (sulfide) groups is 1. The maximum absolute atomic E-state index is 15.2. The molecular weight excluding hydrogens is 530 g/mol. The third-order valence-electron chi connectivity index (χ3n) is 5.96. The number of amidine groups is 1. The van der Waals surface area contributed by atoms with E-state index in [4.69, 9.17) is 16.3 Å². The van der Waals surface area contributed by atoms with Gasteiger partial charge in [-0.2, -0.15) is 0 Å². The van der Waals surface area contributed by atoms with Crippen LogP contribution in [0.15, 0.2) is 35.5 Å². The fourth-order valence-corrected chi connectivity index (χ4v) is 5.74. The molecule has 37 heavy (non-hydrogen) atoms. The van der Waals surface area contributed by atoms with Crippen molar-refractivity contribution in [3.8, 4) is 0 Å². The Kier molecular flexibility index (Phi) is 6.70. The van der Waals surface area contributed by atoms with Gasteiger partial charge in [0.1, 0.15) is 16.0 Å².